The van der Waals surface area contributed by atoms with Crippen LogP contribution in [0.1, 0.15) is 44.1 Å². The van der Waals surface area contributed by atoms with Crippen molar-refractivity contribution in [2.45, 2.75) is 56.7 Å². The molecule has 2 fully saturated rings. The van der Waals surface area contributed by atoms with Crippen molar-refractivity contribution in [2.75, 3.05) is 13.7 Å². The van der Waals surface area contributed by atoms with Crippen LogP contribution in [-0.2, 0) is 19.1 Å². The fraction of sp³-hybridized carbons (Fsp3) is 0.579. The van der Waals surface area contributed by atoms with Gasteiger partial charge >= 0.3 is 11.9 Å². The Morgan fingerprint density at radius 2 is 1.83 bits per heavy atom. The molecule has 0 amide bonds. The molecule has 2 aliphatic rings. The zero-order chi connectivity index (χ0) is 17.1. The smallest absolute Gasteiger partial charge is 0.317 e. The summed E-state index contributed by atoms with van der Waals surface area (Å²) < 4.78 is 10.9. The van der Waals surface area contributed by atoms with Crippen molar-refractivity contribution in [2.24, 2.45) is 0 Å². The highest BCUT2D eigenvalue weighted by Crippen LogP contribution is 2.36. The summed E-state index contributed by atoms with van der Waals surface area (Å²) in [6.45, 7) is 1.37. The van der Waals surface area contributed by atoms with E-state index >= 15 is 0 Å². The molecule has 2 bridgehead atoms. The molecule has 1 aromatic rings. The van der Waals surface area contributed by atoms with E-state index in [9.17, 15) is 9.59 Å². The zero-order valence-electron chi connectivity index (χ0n) is 14.3. The quantitative estimate of drug-likeness (QED) is 0.775. The molecule has 0 spiro atoms. The monoisotopic (exact) mass is 333 g/mol. The number of nitrogens with zero attached hydrogens (tertiary/aromatic N) is 1. The van der Waals surface area contributed by atoms with Crippen LogP contribution in [0.4, 0.5) is 0 Å². The summed E-state index contributed by atoms with van der Waals surface area (Å²) in [5, 5.41) is 0. The van der Waals surface area contributed by atoms with E-state index < -0.39 is 5.92 Å². The first kappa shape index (κ1) is 17.0. The molecule has 2 aliphatic heterocycles. The molecule has 5 heteroatoms. The number of hydrogen-bond acceptors (Lipinski definition) is 5. The molecule has 2 heterocycles. The van der Waals surface area contributed by atoms with E-state index in [1.165, 1.54) is 19.8 Å². The molecule has 5 nitrogen and oxygen atoms in total. The van der Waals surface area contributed by atoms with E-state index in [-0.39, 0.29) is 24.6 Å². The average molecular weight is 333 g/mol. The van der Waals surface area contributed by atoms with Crippen molar-refractivity contribution < 1.29 is 19.1 Å². The lowest BCUT2D eigenvalue weighted by Crippen LogP contribution is -2.44. The summed E-state index contributed by atoms with van der Waals surface area (Å²) in [6, 6.07) is 10.4. The van der Waals surface area contributed by atoms with E-state index in [1.54, 1.807) is 0 Å². The van der Waals surface area contributed by atoms with Crippen LogP contribution in [0.15, 0.2) is 30.3 Å². The molecule has 1 aromatic carbocycles. The fourth-order valence-corrected chi connectivity index (χ4v) is 3.89. The lowest BCUT2D eigenvalue weighted by atomic mass is 9.98. The van der Waals surface area contributed by atoms with Crippen molar-refractivity contribution >= 4 is 11.9 Å². The second-order valence-electron chi connectivity index (χ2n) is 6.85. The number of hydrogen-bond donors (Lipinski definition) is 0. The van der Waals surface area contributed by atoms with Gasteiger partial charge in [0.15, 0.2) is 0 Å². The first-order valence-corrected chi connectivity index (χ1v) is 8.65. The maximum absolute atomic E-state index is 12.7. The average Bonchev–Trinajstić information content (AvgIpc) is 2.77. The van der Waals surface area contributed by atoms with Gasteiger partial charge in [-0.2, -0.15) is 0 Å². The van der Waals surface area contributed by atoms with Gasteiger partial charge in [0.05, 0.1) is 0 Å². The number of ether oxygens (including phenoxy) is 2. The van der Waals surface area contributed by atoms with Crippen LogP contribution < -0.4 is 0 Å². The van der Waals surface area contributed by atoms with Gasteiger partial charge in [-0.15, -0.1) is 0 Å². The van der Waals surface area contributed by atoms with Crippen LogP contribution >= 0.6 is 0 Å². The fourth-order valence-electron chi connectivity index (χ4n) is 3.89. The Hall–Kier alpha value is -1.88. The van der Waals surface area contributed by atoms with Gasteiger partial charge in [0, 0.05) is 19.0 Å². The predicted octanol–water partition coefficient (Wildman–Crippen LogP) is 2.50. The molecule has 4 atom stereocenters. The molecule has 0 saturated carbocycles. The van der Waals surface area contributed by atoms with Crippen LogP contribution in [0.3, 0.4) is 0 Å². The van der Waals surface area contributed by atoms with Crippen LogP contribution in [-0.4, -0.2) is 48.7 Å². The highest BCUT2D eigenvalue weighted by atomic mass is 16.6. The van der Waals surface area contributed by atoms with Crippen molar-refractivity contribution in [3.8, 4) is 0 Å². The number of benzene rings is 1. The molecule has 3 rings (SSSR count). The predicted molar refractivity (Wildman–Crippen MR) is 89.5 cm³/mol. The minimum Gasteiger partial charge on any atom is -0.465 e. The summed E-state index contributed by atoms with van der Waals surface area (Å²) in [5.41, 5.74) is 0.819. The number of esters is 2. The van der Waals surface area contributed by atoms with Gasteiger partial charge in [0.25, 0.3) is 0 Å². The summed E-state index contributed by atoms with van der Waals surface area (Å²) in [4.78, 5) is 26.3. The van der Waals surface area contributed by atoms with Crippen LogP contribution in [0.25, 0.3) is 0 Å². The van der Waals surface area contributed by atoms with Gasteiger partial charge in [-0.1, -0.05) is 30.3 Å². The van der Waals surface area contributed by atoms with Gasteiger partial charge in [-0.05, 0) is 38.3 Å². The van der Waals surface area contributed by atoms with Crippen molar-refractivity contribution in [1.29, 1.82) is 0 Å². The van der Waals surface area contributed by atoms with E-state index in [0.29, 0.717) is 12.1 Å². The summed E-state index contributed by atoms with van der Waals surface area (Å²) >= 11 is 0. The standard InChI is InChI=1S/C19H25NO4/c1-13(21)23-12-18(14-6-4-3-5-7-14)19(22)24-17-10-15-8-9-16(11-17)20(15)2/h3-7,15-18H,8-12H2,1-2H3/t15-,16+,17?,18?/i2+2. The molecule has 2 saturated heterocycles. The molecule has 0 aromatic heterocycles. The molecule has 2 unspecified atom stereocenters. The van der Waals surface area contributed by atoms with Gasteiger partial charge in [0.1, 0.15) is 18.6 Å². The second kappa shape index (κ2) is 7.34. The lowest BCUT2D eigenvalue weighted by Gasteiger charge is -2.36. The number of rotatable bonds is 5. The van der Waals surface area contributed by atoms with Crippen LogP contribution in [0.5, 0.6) is 0 Å². The number of carbonyl (C=O) groups excluding carboxylic acids is 2. The van der Waals surface area contributed by atoms with E-state index in [0.717, 1.165) is 18.4 Å². The van der Waals surface area contributed by atoms with E-state index in [4.69, 9.17) is 9.47 Å². The number of piperidine rings is 1. The van der Waals surface area contributed by atoms with Gasteiger partial charge < -0.3 is 14.4 Å². The van der Waals surface area contributed by atoms with E-state index in [1.807, 2.05) is 30.3 Å². The highest BCUT2D eigenvalue weighted by Gasteiger charge is 2.40. The SMILES string of the molecule is CC(=O)OCC(C(=O)OC1C[C@H]2CC[C@@H](C1)N2[14CH3])c1ccccc1. The highest BCUT2D eigenvalue weighted by molar-refractivity contribution is 5.79. The first-order valence-electron chi connectivity index (χ1n) is 8.65. The Morgan fingerprint density at radius 1 is 1.21 bits per heavy atom. The second-order valence-corrected chi connectivity index (χ2v) is 6.85. The number of fused-ring (bicyclic) bond motifs is 2. The molecular formula is C19H25NO4. The van der Waals surface area contributed by atoms with E-state index in [2.05, 4.69) is 11.9 Å². The third kappa shape index (κ3) is 3.78. The van der Waals surface area contributed by atoms with Crippen molar-refractivity contribution in [3.63, 3.8) is 0 Å². The Morgan fingerprint density at radius 3 is 2.42 bits per heavy atom. The molecule has 24 heavy (non-hydrogen) atoms. The molecule has 0 N–H and O–H groups in total. The summed E-state index contributed by atoms with van der Waals surface area (Å²) in [6.07, 6.45) is 4.13. The summed E-state index contributed by atoms with van der Waals surface area (Å²) in [5.74, 6) is -1.25. The Kier molecular flexibility index (Phi) is 5.19. The first-order chi connectivity index (χ1) is 11.5. The minimum atomic E-state index is -0.563. The topological polar surface area (TPSA) is 55.8 Å². The van der Waals surface area contributed by atoms with Gasteiger partial charge in [-0.25, -0.2) is 0 Å². The maximum atomic E-state index is 12.7. The summed E-state index contributed by atoms with van der Waals surface area (Å²) in [7, 11) is 2.16. The van der Waals surface area contributed by atoms with Crippen LogP contribution in [0, 0.1) is 0 Å². The maximum Gasteiger partial charge on any atom is 0.317 e. The Balaban J connectivity index is 1.66. The molecule has 0 aliphatic carbocycles. The van der Waals surface area contributed by atoms with Gasteiger partial charge in [0.2, 0.25) is 0 Å². The molecular weight excluding hydrogens is 308 g/mol. The molecule has 0 radical (unpaired) electrons. The third-order valence-corrected chi connectivity index (χ3v) is 5.28. The normalized spacial score (nSPS) is 27.5. The minimum absolute atomic E-state index is 0.0255. The largest absolute Gasteiger partial charge is 0.465 e. The zero-order valence-corrected chi connectivity index (χ0v) is 14.3. The van der Waals surface area contributed by atoms with Crippen molar-refractivity contribution in [1.82, 2.24) is 4.90 Å². The lowest BCUT2D eigenvalue weighted by molar-refractivity contribution is -0.157. The van der Waals surface area contributed by atoms with Crippen LogP contribution in [0.2, 0.25) is 0 Å². The Labute approximate surface area is 142 Å². The van der Waals surface area contributed by atoms with Gasteiger partial charge in [-0.3, -0.25) is 9.59 Å². The third-order valence-electron chi connectivity index (χ3n) is 5.28. The molecule has 130 valence electrons. The number of carbonyl (C=O) groups is 2. The Bertz CT molecular complexity index is 574. The van der Waals surface area contributed by atoms with Crippen molar-refractivity contribution in [3.05, 3.63) is 35.9 Å².